The van der Waals surface area contributed by atoms with E-state index in [0.29, 0.717) is 39.5 Å². The molecule has 0 atom stereocenters. The molecule has 152 valence electrons. The SMILES string of the molecule is COc1cc(OC)c2cc(C(=O)NCCC(=O)Nc3cccnc3)[nH]c2c1OC. The van der Waals surface area contributed by atoms with Crippen LogP contribution in [-0.2, 0) is 4.79 Å². The van der Waals surface area contributed by atoms with E-state index in [2.05, 4.69) is 20.6 Å². The number of nitrogens with one attached hydrogen (secondary N) is 3. The molecule has 3 rings (SSSR count). The van der Waals surface area contributed by atoms with Gasteiger partial charge in [-0.2, -0.15) is 0 Å². The third kappa shape index (κ3) is 4.40. The molecule has 0 bridgehead atoms. The molecule has 29 heavy (non-hydrogen) atoms. The molecule has 0 unspecified atom stereocenters. The predicted octanol–water partition coefficient (Wildman–Crippen LogP) is 2.35. The van der Waals surface area contributed by atoms with Crippen LogP contribution in [0.25, 0.3) is 10.9 Å². The zero-order valence-electron chi connectivity index (χ0n) is 16.4. The average molecular weight is 398 g/mol. The van der Waals surface area contributed by atoms with E-state index in [4.69, 9.17) is 14.2 Å². The van der Waals surface area contributed by atoms with Gasteiger partial charge < -0.3 is 29.8 Å². The van der Waals surface area contributed by atoms with Crippen molar-refractivity contribution in [3.63, 3.8) is 0 Å². The molecule has 2 amide bonds. The number of ether oxygens (including phenoxy) is 3. The Morgan fingerprint density at radius 2 is 1.90 bits per heavy atom. The van der Waals surface area contributed by atoms with Crippen molar-refractivity contribution in [2.45, 2.75) is 6.42 Å². The van der Waals surface area contributed by atoms with Gasteiger partial charge in [0.25, 0.3) is 5.91 Å². The highest BCUT2D eigenvalue weighted by atomic mass is 16.5. The maximum absolute atomic E-state index is 12.5. The fraction of sp³-hybridized carbons (Fsp3) is 0.250. The number of fused-ring (bicyclic) bond motifs is 1. The number of hydrogen-bond donors (Lipinski definition) is 3. The highest BCUT2D eigenvalue weighted by Gasteiger charge is 2.19. The summed E-state index contributed by atoms with van der Waals surface area (Å²) < 4.78 is 16.1. The summed E-state index contributed by atoms with van der Waals surface area (Å²) in [5, 5.41) is 6.12. The van der Waals surface area contributed by atoms with E-state index in [1.807, 2.05) is 0 Å². The van der Waals surface area contributed by atoms with Gasteiger partial charge in [0.15, 0.2) is 11.5 Å². The number of amides is 2. The Morgan fingerprint density at radius 3 is 2.55 bits per heavy atom. The van der Waals surface area contributed by atoms with Crippen LogP contribution >= 0.6 is 0 Å². The van der Waals surface area contributed by atoms with Crippen molar-refractivity contribution in [2.75, 3.05) is 33.2 Å². The van der Waals surface area contributed by atoms with Crippen molar-refractivity contribution in [1.29, 1.82) is 0 Å². The highest BCUT2D eigenvalue weighted by Crippen LogP contribution is 2.41. The van der Waals surface area contributed by atoms with Crippen molar-refractivity contribution in [3.05, 3.63) is 42.4 Å². The topological polar surface area (TPSA) is 115 Å². The Balaban J connectivity index is 1.68. The summed E-state index contributed by atoms with van der Waals surface area (Å²) in [4.78, 5) is 31.4. The summed E-state index contributed by atoms with van der Waals surface area (Å²) in [6, 6.07) is 6.83. The molecular weight excluding hydrogens is 376 g/mol. The molecule has 0 aliphatic heterocycles. The maximum atomic E-state index is 12.5. The summed E-state index contributed by atoms with van der Waals surface area (Å²) >= 11 is 0. The zero-order chi connectivity index (χ0) is 20.8. The Kier molecular flexibility index (Phi) is 6.18. The van der Waals surface area contributed by atoms with Gasteiger partial charge in [0.2, 0.25) is 5.91 Å². The summed E-state index contributed by atoms with van der Waals surface area (Å²) in [5.74, 6) is 0.932. The number of aromatic amines is 1. The molecule has 0 aliphatic rings. The molecular formula is C20H22N4O5. The first-order valence-corrected chi connectivity index (χ1v) is 8.87. The van der Waals surface area contributed by atoms with Crippen LogP contribution in [0.3, 0.4) is 0 Å². The number of nitrogens with zero attached hydrogens (tertiary/aromatic N) is 1. The Bertz CT molecular complexity index is 1020. The van der Waals surface area contributed by atoms with Gasteiger partial charge in [0.05, 0.1) is 38.7 Å². The molecule has 2 aromatic heterocycles. The second-order valence-electron chi connectivity index (χ2n) is 6.08. The monoisotopic (exact) mass is 398 g/mol. The molecule has 0 fully saturated rings. The van der Waals surface area contributed by atoms with Crippen LogP contribution in [0.1, 0.15) is 16.9 Å². The Hall–Kier alpha value is -3.75. The van der Waals surface area contributed by atoms with Crippen LogP contribution in [0.15, 0.2) is 36.7 Å². The molecule has 0 saturated heterocycles. The fourth-order valence-corrected chi connectivity index (χ4v) is 2.90. The molecule has 3 N–H and O–H groups in total. The van der Waals surface area contributed by atoms with E-state index in [1.165, 1.54) is 21.3 Å². The standard InChI is InChI=1S/C20H22N4O5/c1-27-15-10-16(28-2)19(29-3)18-13(15)9-14(24-18)20(26)22-8-6-17(25)23-12-5-4-7-21-11-12/h4-5,7,9-11,24H,6,8H2,1-3H3,(H,22,26)(H,23,25). The minimum atomic E-state index is -0.349. The summed E-state index contributed by atoms with van der Waals surface area (Å²) in [6.07, 6.45) is 3.30. The lowest BCUT2D eigenvalue weighted by atomic mass is 10.2. The van der Waals surface area contributed by atoms with E-state index >= 15 is 0 Å². The number of hydrogen-bond acceptors (Lipinski definition) is 6. The number of methoxy groups -OCH3 is 3. The quantitative estimate of drug-likeness (QED) is 0.537. The van der Waals surface area contributed by atoms with Crippen molar-refractivity contribution < 1.29 is 23.8 Å². The minimum Gasteiger partial charge on any atom is -0.496 e. The lowest BCUT2D eigenvalue weighted by molar-refractivity contribution is -0.116. The number of anilines is 1. The molecule has 3 aromatic rings. The van der Waals surface area contributed by atoms with E-state index in [0.717, 1.165) is 0 Å². The Labute approximate surface area is 167 Å². The van der Waals surface area contributed by atoms with Crippen molar-refractivity contribution in [2.24, 2.45) is 0 Å². The largest absolute Gasteiger partial charge is 0.496 e. The molecule has 0 spiro atoms. The van der Waals surface area contributed by atoms with Gasteiger partial charge in [-0.05, 0) is 18.2 Å². The first-order valence-electron chi connectivity index (χ1n) is 8.87. The van der Waals surface area contributed by atoms with Gasteiger partial charge in [-0.25, -0.2) is 0 Å². The van der Waals surface area contributed by atoms with Crippen LogP contribution in [0.2, 0.25) is 0 Å². The number of H-pyrrole nitrogens is 1. The Morgan fingerprint density at radius 1 is 1.10 bits per heavy atom. The third-order valence-corrected chi connectivity index (χ3v) is 4.27. The van der Waals surface area contributed by atoms with Crippen molar-refractivity contribution in [1.82, 2.24) is 15.3 Å². The number of pyridine rings is 1. The number of benzene rings is 1. The molecule has 9 nitrogen and oxygen atoms in total. The smallest absolute Gasteiger partial charge is 0.267 e. The zero-order valence-corrected chi connectivity index (χ0v) is 16.4. The van der Waals surface area contributed by atoms with Gasteiger partial charge in [-0.15, -0.1) is 0 Å². The molecule has 0 radical (unpaired) electrons. The van der Waals surface area contributed by atoms with Crippen LogP contribution in [0.5, 0.6) is 17.2 Å². The van der Waals surface area contributed by atoms with Gasteiger partial charge in [-0.3, -0.25) is 14.6 Å². The molecule has 9 heteroatoms. The normalized spacial score (nSPS) is 10.4. The summed E-state index contributed by atoms with van der Waals surface area (Å²) in [5.41, 5.74) is 1.51. The fourth-order valence-electron chi connectivity index (χ4n) is 2.90. The third-order valence-electron chi connectivity index (χ3n) is 4.27. The average Bonchev–Trinajstić information content (AvgIpc) is 3.18. The molecule has 1 aromatic carbocycles. The van der Waals surface area contributed by atoms with Gasteiger partial charge in [-0.1, -0.05) is 0 Å². The van der Waals surface area contributed by atoms with E-state index in [9.17, 15) is 9.59 Å². The van der Waals surface area contributed by atoms with Crippen LogP contribution in [0, 0.1) is 0 Å². The lowest BCUT2D eigenvalue weighted by Gasteiger charge is -2.11. The van der Waals surface area contributed by atoms with Gasteiger partial charge in [0.1, 0.15) is 11.4 Å². The van der Waals surface area contributed by atoms with Crippen LogP contribution < -0.4 is 24.8 Å². The molecule has 0 saturated carbocycles. The number of carbonyl (C=O) groups is 2. The first kappa shape index (κ1) is 20.0. The van der Waals surface area contributed by atoms with E-state index < -0.39 is 0 Å². The van der Waals surface area contributed by atoms with Gasteiger partial charge in [0, 0.05) is 30.6 Å². The van der Waals surface area contributed by atoms with E-state index in [1.54, 1.807) is 36.7 Å². The summed E-state index contributed by atoms with van der Waals surface area (Å²) in [6.45, 7) is 0.178. The lowest BCUT2D eigenvalue weighted by Crippen LogP contribution is -2.27. The van der Waals surface area contributed by atoms with Gasteiger partial charge >= 0.3 is 0 Å². The second kappa shape index (κ2) is 8.96. The maximum Gasteiger partial charge on any atom is 0.267 e. The van der Waals surface area contributed by atoms with Crippen molar-refractivity contribution in [3.8, 4) is 17.2 Å². The number of aromatic nitrogens is 2. The first-order chi connectivity index (χ1) is 14.1. The molecule has 0 aliphatic carbocycles. The highest BCUT2D eigenvalue weighted by molar-refractivity contribution is 6.02. The predicted molar refractivity (Wildman–Crippen MR) is 108 cm³/mol. The number of rotatable bonds is 8. The van der Waals surface area contributed by atoms with Crippen LogP contribution in [-0.4, -0.2) is 49.7 Å². The second-order valence-corrected chi connectivity index (χ2v) is 6.08. The minimum absolute atomic E-state index is 0.126. The number of carbonyl (C=O) groups excluding carboxylic acids is 2. The summed E-state index contributed by atoms with van der Waals surface area (Å²) in [7, 11) is 4.58. The van der Waals surface area contributed by atoms with E-state index in [-0.39, 0.29) is 24.8 Å². The molecule has 2 heterocycles. The van der Waals surface area contributed by atoms with Crippen molar-refractivity contribution >= 4 is 28.4 Å². The van der Waals surface area contributed by atoms with Crippen LogP contribution in [0.4, 0.5) is 5.69 Å².